The second kappa shape index (κ2) is 3.97. The second-order valence-electron chi connectivity index (χ2n) is 6.80. The Hall–Kier alpha value is -1.06. The standard InChI is InChI=1S/C14H22O4/c1-8-4-5-9-10(6-11(15)16)14(8,12(17)18)7-13(9,2)3/h8-10H,4-7H2,1-3H3,(H,15,16)(H,17,18)/t8-,9-,10-,14+/m0/s1. The SMILES string of the molecule is C[C@H]1CC[C@H]2[C@H](CC(=O)O)[C@@]1(C(=O)O)CC2(C)C. The van der Waals surface area contributed by atoms with Crippen molar-refractivity contribution in [1.82, 2.24) is 0 Å². The van der Waals surface area contributed by atoms with Gasteiger partial charge in [-0.2, -0.15) is 0 Å². The third kappa shape index (κ3) is 1.65. The highest BCUT2D eigenvalue weighted by Gasteiger charge is 2.65. The number of fused-ring (bicyclic) bond motifs is 2. The number of aliphatic carboxylic acids is 2. The first-order chi connectivity index (χ1) is 8.21. The summed E-state index contributed by atoms with van der Waals surface area (Å²) < 4.78 is 0. The lowest BCUT2D eigenvalue weighted by atomic mass is 9.60. The van der Waals surface area contributed by atoms with Crippen LogP contribution in [0.15, 0.2) is 0 Å². The van der Waals surface area contributed by atoms with Crippen LogP contribution in [-0.2, 0) is 9.59 Å². The first-order valence-electron chi connectivity index (χ1n) is 6.67. The molecule has 0 spiro atoms. The van der Waals surface area contributed by atoms with Gasteiger partial charge in [-0.1, -0.05) is 20.8 Å². The predicted octanol–water partition coefficient (Wildman–Crippen LogP) is 2.62. The minimum atomic E-state index is -0.873. The average Bonchev–Trinajstić information content (AvgIpc) is 2.36. The van der Waals surface area contributed by atoms with Crippen molar-refractivity contribution in [3.63, 3.8) is 0 Å². The van der Waals surface area contributed by atoms with E-state index in [9.17, 15) is 14.7 Å². The summed E-state index contributed by atoms with van der Waals surface area (Å²) in [4.78, 5) is 22.9. The maximum Gasteiger partial charge on any atom is 0.310 e. The van der Waals surface area contributed by atoms with Gasteiger partial charge in [0.1, 0.15) is 0 Å². The summed E-state index contributed by atoms with van der Waals surface area (Å²) in [5.74, 6) is -1.59. The summed E-state index contributed by atoms with van der Waals surface area (Å²) in [6, 6.07) is 0. The summed E-state index contributed by atoms with van der Waals surface area (Å²) in [5.41, 5.74) is -0.895. The molecule has 2 aliphatic rings. The molecule has 2 fully saturated rings. The lowest BCUT2D eigenvalue weighted by Crippen LogP contribution is -2.45. The Labute approximate surface area is 107 Å². The lowest BCUT2D eigenvalue weighted by molar-refractivity contribution is -0.160. The van der Waals surface area contributed by atoms with E-state index in [1.807, 2.05) is 6.92 Å². The number of hydrogen-bond acceptors (Lipinski definition) is 2. The Morgan fingerprint density at radius 1 is 1.22 bits per heavy atom. The van der Waals surface area contributed by atoms with Crippen molar-refractivity contribution in [2.24, 2.45) is 28.6 Å². The number of carboxylic acids is 2. The van der Waals surface area contributed by atoms with Crippen molar-refractivity contribution >= 4 is 11.9 Å². The zero-order valence-electron chi connectivity index (χ0n) is 11.3. The number of carbonyl (C=O) groups is 2. The molecule has 2 bridgehead atoms. The Morgan fingerprint density at radius 2 is 1.83 bits per heavy atom. The highest BCUT2D eigenvalue weighted by molar-refractivity contribution is 5.78. The molecule has 2 saturated carbocycles. The van der Waals surface area contributed by atoms with Gasteiger partial charge in [0.15, 0.2) is 0 Å². The molecule has 0 saturated heterocycles. The second-order valence-corrected chi connectivity index (χ2v) is 6.80. The Balaban J connectivity index is 2.47. The van der Waals surface area contributed by atoms with Crippen LogP contribution in [0, 0.1) is 28.6 Å². The zero-order valence-corrected chi connectivity index (χ0v) is 11.3. The normalized spacial score (nSPS) is 41.6. The highest BCUT2D eigenvalue weighted by Crippen LogP contribution is 2.66. The molecule has 0 aliphatic heterocycles. The van der Waals surface area contributed by atoms with Gasteiger partial charge in [0, 0.05) is 6.42 Å². The molecule has 4 atom stereocenters. The van der Waals surface area contributed by atoms with Gasteiger partial charge >= 0.3 is 11.9 Å². The summed E-state index contributed by atoms with van der Waals surface area (Å²) in [7, 11) is 0. The topological polar surface area (TPSA) is 74.6 Å². The molecule has 4 nitrogen and oxygen atoms in total. The number of carboxylic acid groups (broad SMARTS) is 2. The molecule has 0 radical (unpaired) electrons. The molecule has 0 aromatic rings. The van der Waals surface area contributed by atoms with Crippen LogP contribution in [0.2, 0.25) is 0 Å². The first kappa shape index (κ1) is 13.4. The van der Waals surface area contributed by atoms with Crippen LogP contribution in [0.1, 0.15) is 46.5 Å². The zero-order chi connectivity index (χ0) is 13.7. The molecule has 18 heavy (non-hydrogen) atoms. The van der Waals surface area contributed by atoms with E-state index in [1.54, 1.807) is 0 Å². The molecule has 2 rings (SSSR count). The molecule has 0 unspecified atom stereocenters. The van der Waals surface area contributed by atoms with Crippen LogP contribution < -0.4 is 0 Å². The third-order valence-corrected chi connectivity index (χ3v) is 5.48. The van der Waals surface area contributed by atoms with Gasteiger partial charge in [-0.3, -0.25) is 9.59 Å². The molecule has 0 heterocycles. The minimum absolute atomic E-state index is 0.00919. The van der Waals surface area contributed by atoms with E-state index < -0.39 is 17.4 Å². The largest absolute Gasteiger partial charge is 0.481 e. The molecule has 0 amide bonds. The molecule has 2 N–H and O–H groups in total. The fraction of sp³-hybridized carbons (Fsp3) is 0.857. The molecule has 0 aromatic carbocycles. The first-order valence-corrected chi connectivity index (χ1v) is 6.67. The summed E-state index contributed by atoms with van der Waals surface area (Å²) in [5, 5.41) is 18.8. The average molecular weight is 254 g/mol. The van der Waals surface area contributed by atoms with Crippen LogP contribution in [0.5, 0.6) is 0 Å². The molecular formula is C14H22O4. The van der Waals surface area contributed by atoms with Crippen LogP contribution in [-0.4, -0.2) is 22.2 Å². The highest BCUT2D eigenvalue weighted by atomic mass is 16.4. The van der Waals surface area contributed by atoms with Gasteiger partial charge in [-0.15, -0.1) is 0 Å². The predicted molar refractivity (Wildman–Crippen MR) is 66.1 cm³/mol. The van der Waals surface area contributed by atoms with E-state index in [0.717, 1.165) is 12.8 Å². The van der Waals surface area contributed by atoms with E-state index in [2.05, 4.69) is 13.8 Å². The molecule has 102 valence electrons. The molecule has 4 heteroatoms. The maximum atomic E-state index is 11.8. The molecule has 0 aromatic heterocycles. The van der Waals surface area contributed by atoms with Gasteiger partial charge in [0.2, 0.25) is 0 Å². The van der Waals surface area contributed by atoms with E-state index in [4.69, 9.17) is 5.11 Å². The molecule has 2 aliphatic carbocycles. The van der Waals surface area contributed by atoms with E-state index in [0.29, 0.717) is 6.42 Å². The van der Waals surface area contributed by atoms with Crippen molar-refractivity contribution in [1.29, 1.82) is 0 Å². The van der Waals surface area contributed by atoms with Crippen molar-refractivity contribution < 1.29 is 19.8 Å². The van der Waals surface area contributed by atoms with Crippen molar-refractivity contribution in [2.75, 3.05) is 0 Å². The van der Waals surface area contributed by atoms with Gasteiger partial charge in [0.25, 0.3) is 0 Å². The number of hydrogen-bond donors (Lipinski definition) is 2. The van der Waals surface area contributed by atoms with Crippen molar-refractivity contribution in [2.45, 2.75) is 46.5 Å². The number of rotatable bonds is 3. The summed E-state index contributed by atoms with van der Waals surface area (Å²) in [6.07, 6.45) is 2.46. The van der Waals surface area contributed by atoms with E-state index >= 15 is 0 Å². The summed E-state index contributed by atoms with van der Waals surface area (Å²) >= 11 is 0. The van der Waals surface area contributed by atoms with Gasteiger partial charge in [-0.05, 0) is 42.4 Å². The smallest absolute Gasteiger partial charge is 0.310 e. The third-order valence-electron chi connectivity index (χ3n) is 5.48. The lowest BCUT2D eigenvalue weighted by Gasteiger charge is -2.42. The van der Waals surface area contributed by atoms with Crippen molar-refractivity contribution in [3.8, 4) is 0 Å². The Kier molecular flexibility index (Phi) is 2.95. The molecular weight excluding hydrogens is 232 g/mol. The van der Waals surface area contributed by atoms with Crippen LogP contribution in [0.4, 0.5) is 0 Å². The van der Waals surface area contributed by atoms with Gasteiger partial charge in [0.05, 0.1) is 5.41 Å². The fourth-order valence-electron chi connectivity index (χ4n) is 4.70. The minimum Gasteiger partial charge on any atom is -0.481 e. The Bertz CT molecular complexity index is 387. The summed E-state index contributed by atoms with van der Waals surface area (Å²) in [6.45, 7) is 6.16. The van der Waals surface area contributed by atoms with Gasteiger partial charge < -0.3 is 10.2 Å². The fourth-order valence-corrected chi connectivity index (χ4v) is 4.70. The Morgan fingerprint density at radius 3 is 2.33 bits per heavy atom. The van der Waals surface area contributed by atoms with Crippen LogP contribution in [0.3, 0.4) is 0 Å². The van der Waals surface area contributed by atoms with Crippen LogP contribution >= 0.6 is 0 Å². The quantitative estimate of drug-likeness (QED) is 0.811. The van der Waals surface area contributed by atoms with Crippen LogP contribution in [0.25, 0.3) is 0 Å². The van der Waals surface area contributed by atoms with E-state index in [1.165, 1.54) is 0 Å². The van der Waals surface area contributed by atoms with E-state index in [-0.39, 0.29) is 29.6 Å². The monoisotopic (exact) mass is 254 g/mol. The van der Waals surface area contributed by atoms with Gasteiger partial charge in [-0.25, -0.2) is 0 Å². The maximum absolute atomic E-state index is 11.8. The van der Waals surface area contributed by atoms with Crippen molar-refractivity contribution in [3.05, 3.63) is 0 Å².